The molecule has 1 fully saturated rings. The molecule has 0 bridgehead atoms. The molecule has 1 aliphatic rings. The number of hydrogen-bond acceptors (Lipinski definition) is 2. The molecule has 0 saturated heterocycles. The Kier molecular flexibility index (Phi) is 3.81. The molecule has 96 valence electrons. The summed E-state index contributed by atoms with van der Waals surface area (Å²) in [7, 11) is 0. The van der Waals surface area contributed by atoms with Gasteiger partial charge in [0.05, 0.1) is 0 Å². The van der Waals surface area contributed by atoms with Crippen LogP contribution in [0.2, 0.25) is 0 Å². The lowest BCUT2D eigenvalue weighted by atomic mass is 10.1. The van der Waals surface area contributed by atoms with E-state index in [4.69, 9.17) is 12.2 Å². The largest absolute Gasteiger partial charge is 0.331 e. The molecule has 0 atom stereocenters. The number of carbonyl (C=O) groups is 1. The zero-order valence-electron chi connectivity index (χ0n) is 10.5. The van der Waals surface area contributed by atoms with Crippen molar-refractivity contribution < 1.29 is 4.79 Å². The van der Waals surface area contributed by atoms with E-state index < -0.39 is 0 Å². The number of anilines is 1. The molecule has 5 heteroatoms. The topological polar surface area (TPSA) is 53.2 Å². The summed E-state index contributed by atoms with van der Waals surface area (Å²) >= 11 is 5.13. The molecular formula is C13H17N3OS. The maximum absolute atomic E-state index is 11.4. The molecule has 0 heterocycles. The monoisotopic (exact) mass is 263 g/mol. The van der Waals surface area contributed by atoms with Crippen LogP contribution >= 0.6 is 12.2 Å². The highest BCUT2D eigenvalue weighted by molar-refractivity contribution is 7.80. The Balaban J connectivity index is 1.86. The van der Waals surface area contributed by atoms with Crippen LogP contribution in [-0.4, -0.2) is 11.0 Å². The predicted molar refractivity (Wildman–Crippen MR) is 76.1 cm³/mol. The first-order valence-electron chi connectivity index (χ1n) is 6.01. The fraction of sp³-hybridized carbons (Fsp3) is 0.385. The summed E-state index contributed by atoms with van der Waals surface area (Å²) in [5.41, 5.74) is 8.62. The number of hydrogen-bond donors (Lipinski definition) is 3. The van der Waals surface area contributed by atoms with Crippen molar-refractivity contribution in [2.24, 2.45) is 5.92 Å². The van der Waals surface area contributed by atoms with Crippen LogP contribution in [-0.2, 0) is 4.79 Å². The third-order valence-corrected chi connectivity index (χ3v) is 3.30. The highest BCUT2D eigenvalue weighted by Gasteiger charge is 2.29. The Morgan fingerprint density at radius 2 is 2.00 bits per heavy atom. The number of thiocarbonyl (C=S) groups is 1. The number of hydrazine groups is 1. The smallest absolute Gasteiger partial charge is 0.241 e. The van der Waals surface area contributed by atoms with E-state index in [1.165, 1.54) is 5.56 Å². The van der Waals surface area contributed by atoms with Crippen LogP contribution < -0.4 is 16.2 Å². The molecule has 0 unspecified atom stereocenters. The molecule has 1 saturated carbocycles. The number of benzene rings is 1. The van der Waals surface area contributed by atoms with Crippen molar-refractivity contribution in [3.8, 4) is 0 Å². The Morgan fingerprint density at radius 1 is 1.28 bits per heavy atom. The van der Waals surface area contributed by atoms with E-state index >= 15 is 0 Å². The second kappa shape index (κ2) is 5.35. The van der Waals surface area contributed by atoms with Crippen molar-refractivity contribution in [1.29, 1.82) is 0 Å². The van der Waals surface area contributed by atoms with Gasteiger partial charge in [-0.25, -0.2) is 0 Å². The Labute approximate surface area is 112 Å². The first-order chi connectivity index (χ1) is 8.58. The van der Waals surface area contributed by atoms with Gasteiger partial charge in [0.2, 0.25) is 5.91 Å². The number of nitrogens with one attached hydrogen (secondary N) is 3. The zero-order valence-corrected chi connectivity index (χ0v) is 11.4. The van der Waals surface area contributed by atoms with E-state index in [-0.39, 0.29) is 11.8 Å². The standard InChI is InChI=1S/C13H17N3OS/c1-8-4-3-5-11(9(8)2)14-13(18)16-15-12(17)10-6-7-10/h3-5,10H,6-7H2,1-2H3,(H,15,17)(H2,14,16,18). The van der Waals surface area contributed by atoms with Crippen molar-refractivity contribution in [2.75, 3.05) is 5.32 Å². The van der Waals surface area contributed by atoms with Crippen LogP contribution in [0.5, 0.6) is 0 Å². The average Bonchev–Trinajstić information content (AvgIpc) is 3.16. The third-order valence-electron chi connectivity index (χ3n) is 3.10. The van der Waals surface area contributed by atoms with Gasteiger partial charge in [-0.2, -0.15) is 0 Å². The molecule has 18 heavy (non-hydrogen) atoms. The van der Waals surface area contributed by atoms with Crippen molar-refractivity contribution >= 4 is 28.9 Å². The predicted octanol–water partition coefficient (Wildman–Crippen LogP) is 2.03. The summed E-state index contributed by atoms with van der Waals surface area (Å²) in [5, 5.41) is 3.47. The highest BCUT2D eigenvalue weighted by atomic mass is 32.1. The number of aryl methyl sites for hydroxylation is 1. The summed E-state index contributed by atoms with van der Waals surface area (Å²) in [6.07, 6.45) is 1.95. The van der Waals surface area contributed by atoms with Gasteiger partial charge >= 0.3 is 0 Å². The van der Waals surface area contributed by atoms with E-state index in [0.29, 0.717) is 5.11 Å². The SMILES string of the molecule is Cc1cccc(NC(=S)NNC(=O)C2CC2)c1C. The maximum atomic E-state index is 11.4. The molecule has 1 aromatic rings. The van der Waals surface area contributed by atoms with Crippen LogP contribution in [0.1, 0.15) is 24.0 Å². The number of rotatable bonds is 2. The lowest BCUT2D eigenvalue weighted by Gasteiger charge is -2.14. The molecule has 0 aromatic heterocycles. The second-order valence-electron chi connectivity index (χ2n) is 4.59. The molecule has 0 radical (unpaired) electrons. The van der Waals surface area contributed by atoms with Gasteiger partial charge in [0.15, 0.2) is 5.11 Å². The normalized spacial score (nSPS) is 13.9. The quantitative estimate of drug-likeness (QED) is 0.564. The van der Waals surface area contributed by atoms with Gasteiger partial charge in [0.25, 0.3) is 0 Å². The highest BCUT2D eigenvalue weighted by Crippen LogP contribution is 2.28. The van der Waals surface area contributed by atoms with Gasteiger partial charge in [-0.3, -0.25) is 15.6 Å². The Morgan fingerprint density at radius 3 is 2.67 bits per heavy atom. The summed E-state index contributed by atoms with van der Waals surface area (Å²) < 4.78 is 0. The van der Waals surface area contributed by atoms with Crippen molar-refractivity contribution in [3.63, 3.8) is 0 Å². The minimum atomic E-state index is 0.0140. The summed E-state index contributed by atoms with van der Waals surface area (Å²) in [6.45, 7) is 4.08. The zero-order chi connectivity index (χ0) is 13.1. The Hall–Kier alpha value is -1.62. The van der Waals surface area contributed by atoms with Crippen molar-refractivity contribution in [3.05, 3.63) is 29.3 Å². The number of carbonyl (C=O) groups excluding carboxylic acids is 1. The van der Waals surface area contributed by atoms with Crippen LogP contribution in [0.25, 0.3) is 0 Å². The molecule has 4 nitrogen and oxygen atoms in total. The Bertz CT molecular complexity index is 483. The first-order valence-corrected chi connectivity index (χ1v) is 6.42. The van der Waals surface area contributed by atoms with Crippen LogP contribution in [0.15, 0.2) is 18.2 Å². The fourth-order valence-corrected chi connectivity index (χ4v) is 1.77. The van der Waals surface area contributed by atoms with Crippen LogP contribution in [0, 0.1) is 19.8 Å². The van der Waals surface area contributed by atoms with E-state index in [1.807, 2.05) is 32.0 Å². The summed E-state index contributed by atoms with van der Waals surface area (Å²) in [4.78, 5) is 11.4. The van der Waals surface area contributed by atoms with Gasteiger partial charge in [-0.05, 0) is 56.1 Å². The van der Waals surface area contributed by atoms with E-state index in [0.717, 1.165) is 24.1 Å². The van der Waals surface area contributed by atoms with E-state index in [1.54, 1.807) is 0 Å². The number of amides is 1. The van der Waals surface area contributed by atoms with Gasteiger partial charge in [-0.1, -0.05) is 12.1 Å². The second-order valence-corrected chi connectivity index (χ2v) is 5.00. The van der Waals surface area contributed by atoms with E-state index in [2.05, 4.69) is 16.2 Å². The first kappa shape index (κ1) is 12.8. The lowest BCUT2D eigenvalue weighted by molar-refractivity contribution is -0.122. The van der Waals surface area contributed by atoms with Crippen LogP contribution in [0.4, 0.5) is 5.69 Å². The van der Waals surface area contributed by atoms with Gasteiger partial charge in [0, 0.05) is 11.6 Å². The maximum Gasteiger partial charge on any atom is 0.241 e. The average molecular weight is 263 g/mol. The molecule has 1 aromatic carbocycles. The fourth-order valence-electron chi connectivity index (χ4n) is 1.61. The molecule has 0 aliphatic heterocycles. The summed E-state index contributed by atoms with van der Waals surface area (Å²) in [6, 6.07) is 5.97. The van der Waals surface area contributed by atoms with Gasteiger partial charge in [-0.15, -0.1) is 0 Å². The molecule has 3 N–H and O–H groups in total. The van der Waals surface area contributed by atoms with E-state index in [9.17, 15) is 4.79 Å². The summed E-state index contributed by atoms with van der Waals surface area (Å²) in [5.74, 6) is 0.182. The minimum absolute atomic E-state index is 0.0140. The molecule has 0 spiro atoms. The van der Waals surface area contributed by atoms with Crippen molar-refractivity contribution in [1.82, 2.24) is 10.9 Å². The lowest BCUT2D eigenvalue weighted by Crippen LogP contribution is -2.44. The van der Waals surface area contributed by atoms with Crippen LogP contribution in [0.3, 0.4) is 0 Å². The third kappa shape index (κ3) is 3.20. The molecule has 1 amide bonds. The molecular weight excluding hydrogens is 246 g/mol. The van der Waals surface area contributed by atoms with Gasteiger partial charge in [0.1, 0.15) is 0 Å². The minimum Gasteiger partial charge on any atom is -0.331 e. The molecule has 2 rings (SSSR count). The van der Waals surface area contributed by atoms with Crippen molar-refractivity contribution in [2.45, 2.75) is 26.7 Å². The molecule has 1 aliphatic carbocycles. The van der Waals surface area contributed by atoms with Gasteiger partial charge < -0.3 is 5.32 Å².